The zero-order valence-electron chi connectivity index (χ0n) is 15.0. The Labute approximate surface area is 162 Å². The van der Waals surface area contributed by atoms with Crippen LogP contribution in [0, 0.1) is 13.8 Å². The second-order valence-electron chi connectivity index (χ2n) is 6.80. The maximum absolute atomic E-state index is 13.5. The molecular formula is C22H21BrN2O. The van der Waals surface area contributed by atoms with E-state index < -0.39 is 0 Å². The first-order valence-electron chi connectivity index (χ1n) is 8.91. The number of aromatic nitrogens is 1. The minimum absolute atomic E-state index is 0.0564. The number of benzene rings is 2. The number of fused-ring (bicyclic) bond motifs is 1. The standard InChI is InChI=1S/C22H21BrN2O/c1-15-9-10-16(2)25(15)21-12-11-18(23)14-19(21)22(26)24-13-5-7-17-6-3-4-8-20(17)24/h3-4,6,8-12,14H,5,7,13H2,1-2H3. The third kappa shape index (κ3) is 2.88. The fourth-order valence-corrected chi connectivity index (χ4v) is 4.17. The van der Waals surface area contributed by atoms with Crippen molar-refractivity contribution in [3.05, 3.63) is 81.6 Å². The van der Waals surface area contributed by atoms with Gasteiger partial charge in [0.05, 0.1) is 11.3 Å². The van der Waals surface area contributed by atoms with Crippen LogP contribution in [0.5, 0.6) is 0 Å². The second-order valence-corrected chi connectivity index (χ2v) is 7.72. The highest BCUT2D eigenvalue weighted by molar-refractivity contribution is 9.10. The Balaban J connectivity index is 1.84. The molecule has 0 saturated carbocycles. The van der Waals surface area contributed by atoms with Gasteiger partial charge in [0.25, 0.3) is 5.91 Å². The van der Waals surface area contributed by atoms with E-state index in [-0.39, 0.29) is 5.91 Å². The normalized spacial score (nSPS) is 13.6. The summed E-state index contributed by atoms with van der Waals surface area (Å²) in [5, 5.41) is 0. The van der Waals surface area contributed by atoms with Crippen LogP contribution in [0.25, 0.3) is 5.69 Å². The molecule has 132 valence electrons. The van der Waals surface area contributed by atoms with E-state index in [1.807, 2.05) is 35.2 Å². The number of para-hydroxylation sites is 1. The molecule has 0 N–H and O–H groups in total. The van der Waals surface area contributed by atoms with E-state index in [4.69, 9.17) is 0 Å². The predicted octanol–water partition coefficient (Wildman–Crippen LogP) is 5.45. The summed E-state index contributed by atoms with van der Waals surface area (Å²) < 4.78 is 3.06. The summed E-state index contributed by atoms with van der Waals surface area (Å²) in [6.45, 7) is 4.89. The number of hydrogen-bond acceptors (Lipinski definition) is 1. The van der Waals surface area contributed by atoms with Crippen LogP contribution in [-0.2, 0) is 6.42 Å². The van der Waals surface area contributed by atoms with E-state index in [1.165, 1.54) is 5.56 Å². The molecule has 3 aromatic rings. The lowest BCUT2D eigenvalue weighted by Gasteiger charge is -2.30. The van der Waals surface area contributed by atoms with Crippen molar-refractivity contribution < 1.29 is 4.79 Å². The number of carbonyl (C=O) groups is 1. The van der Waals surface area contributed by atoms with E-state index in [0.29, 0.717) is 0 Å². The molecule has 1 aromatic heterocycles. The lowest BCUT2D eigenvalue weighted by molar-refractivity contribution is 0.0985. The zero-order chi connectivity index (χ0) is 18.3. The summed E-state index contributed by atoms with van der Waals surface area (Å²) in [5.74, 6) is 0.0564. The molecule has 2 heterocycles. The first kappa shape index (κ1) is 17.1. The topological polar surface area (TPSA) is 25.2 Å². The van der Waals surface area contributed by atoms with E-state index in [2.05, 4.69) is 58.6 Å². The summed E-state index contributed by atoms with van der Waals surface area (Å²) in [5.41, 5.74) is 6.18. The highest BCUT2D eigenvalue weighted by atomic mass is 79.9. The molecule has 1 amide bonds. The maximum atomic E-state index is 13.5. The van der Waals surface area contributed by atoms with Crippen LogP contribution in [0.3, 0.4) is 0 Å². The smallest absolute Gasteiger partial charge is 0.260 e. The average molecular weight is 409 g/mol. The van der Waals surface area contributed by atoms with Gasteiger partial charge in [0.2, 0.25) is 0 Å². The molecule has 1 aliphatic rings. The Bertz CT molecular complexity index is 970. The molecule has 0 radical (unpaired) electrons. The van der Waals surface area contributed by atoms with Crippen LogP contribution < -0.4 is 4.90 Å². The van der Waals surface area contributed by atoms with E-state index in [9.17, 15) is 4.79 Å². The Hall–Kier alpha value is -2.33. The maximum Gasteiger partial charge on any atom is 0.260 e. The number of rotatable bonds is 2. The van der Waals surface area contributed by atoms with Gasteiger partial charge >= 0.3 is 0 Å². The molecule has 4 rings (SSSR count). The molecule has 1 aliphatic heterocycles. The minimum Gasteiger partial charge on any atom is -0.318 e. The first-order chi connectivity index (χ1) is 12.6. The van der Waals surface area contributed by atoms with Gasteiger partial charge in [-0.1, -0.05) is 34.1 Å². The van der Waals surface area contributed by atoms with Gasteiger partial charge < -0.3 is 9.47 Å². The molecule has 0 saturated heterocycles. The van der Waals surface area contributed by atoms with Crippen LogP contribution in [0.2, 0.25) is 0 Å². The van der Waals surface area contributed by atoms with E-state index >= 15 is 0 Å². The van der Waals surface area contributed by atoms with Crippen molar-refractivity contribution in [2.24, 2.45) is 0 Å². The molecule has 0 spiro atoms. The largest absolute Gasteiger partial charge is 0.318 e. The number of carbonyl (C=O) groups excluding carboxylic acids is 1. The molecule has 0 bridgehead atoms. The third-order valence-corrected chi connectivity index (χ3v) is 5.55. The number of amides is 1. The number of nitrogens with zero attached hydrogens (tertiary/aromatic N) is 2. The zero-order valence-corrected chi connectivity index (χ0v) is 16.6. The monoisotopic (exact) mass is 408 g/mol. The van der Waals surface area contributed by atoms with Crippen LogP contribution >= 0.6 is 15.9 Å². The average Bonchev–Trinajstić information content (AvgIpc) is 2.99. The summed E-state index contributed by atoms with van der Waals surface area (Å²) in [4.78, 5) is 15.5. The van der Waals surface area contributed by atoms with Gasteiger partial charge in [0, 0.05) is 28.1 Å². The van der Waals surface area contributed by atoms with Crippen LogP contribution in [0.4, 0.5) is 5.69 Å². The molecule has 26 heavy (non-hydrogen) atoms. The highest BCUT2D eigenvalue weighted by Crippen LogP contribution is 2.31. The predicted molar refractivity (Wildman–Crippen MR) is 109 cm³/mol. The first-order valence-corrected chi connectivity index (χ1v) is 9.70. The van der Waals surface area contributed by atoms with Crippen LogP contribution in [0.1, 0.15) is 33.7 Å². The number of halogens is 1. The minimum atomic E-state index is 0.0564. The van der Waals surface area contributed by atoms with Gasteiger partial charge in [-0.3, -0.25) is 4.79 Å². The molecule has 4 heteroatoms. The van der Waals surface area contributed by atoms with E-state index in [1.54, 1.807) is 0 Å². The number of hydrogen-bond donors (Lipinski definition) is 0. The van der Waals surface area contributed by atoms with Gasteiger partial charge in [0.15, 0.2) is 0 Å². The van der Waals surface area contributed by atoms with Crippen molar-refractivity contribution in [1.29, 1.82) is 0 Å². The molecule has 2 aromatic carbocycles. The van der Waals surface area contributed by atoms with Crippen LogP contribution in [0.15, 0.2) is 59.1 Å². The van der Waals surface area contributed by atoms with Crippen molar-refractivity contribution >= 4 is 27.5 Å². The summed E-state index contributed by atoms with van der Waals surface area (Å²) in [7, 11) is 0. The summed E-state index contributed by atoms with van der Waals surface area (Å²) >= 11 is 3.54. The lowest BCUT2D eigenvalue weighted by Crippen LogP contribution is -2.36. The quantitative estimate of drug-likeness (QED) is 0.553. The summed E-state index contributed by atoms with van der Waals surface area (Å²) in [6, 6.07) is 18.4. The third-order valence-electron chi connectivity index (χ3n) is 5.06. The van der Waals surface area contributed by atoms with Crippen molar-refractivity contribution in [2.75, 3.05) is 11.4 Å². The lowest BCUT2D eigenvalue weighted by atomic mass is 10.0. The van der Waals surface area contributed by atoms with Crippen molar-refractivity contribution in [3.63, 3.8) is 0 Å². The molecule has 0 fully saturated rings. The Morgan fingerprint density at radius 3 is 2.46 bits per heavy atom. The number of anilines is 1. The van der Waals surface area contributed by atoms with Gasteiger partial charge in [-0.2, -0.15) is 0 Å². The fourth-order valence-electron chi connectivity index (χ4n) is 3.81. The van der Waals surface area contributed by atoms with Gasteiger partial charge in [0.1, 0.15) is 0 Å². The fraction of sp³-hybridized carbons (Fsp3) is 0.227. The second kappa shape index (κ2) is 6.76. The van der Waals surface area contributed by atoms with Crippen molar-refractivity contribution in [2.45, 2.75) is 26.7 Å². The van der Waals surface area contributed by atoms with Gasteiger partial charge in [-0.15, -0.1) is 0 Å². The van der Waals surface area contributed by atoms with Crippen LogP contribution in [-0.4, -0.2) is 17.0 Å². The Morgan fingerprint density at radius 1 is 0.962 bits per heavy atom. The van der Waals surface area contributed by atoms with Gasteiger partial charge in [-0.25, -0.2) is 0 Å². The van der Waals surface area contributed by atoms with E-state index in [0.717, 1.165) is 52.2 Å². The van der Waals surface area contributed by atoms with Crippen molar-refractivity contribution in [1.82, 2.24) is 4.57 Å². The molecular weight excluding hydrogens is 388 g/mol. The highest BCUT2D eigenvalue weighted by Gasteiger charge is 2.26. The number of aryl methyl sites for hydroxylation is 3. The summed E-state index contributed by atoms with van der Waals surface area (Å²) in [6.07, 6.45) is 2.02. The molecule has 0 aliphatic carbocycles. The molecule has 3 nitrogen and oxygen atoms in total. The molecule has 0 atom stereocenters. The Morgan fingerprint density at radius 2 is 1.69 bits per heavy atom. The van der Waals surface area contributed by atoms with Crippen molar-refractivity contribution in [3.8, 4) is 5.69 Å². The molecule has 0 unspecified atom stereocenters. The Kier molecular flexibility index (Phi) is 4.45. The van der Waals surface area contributed by atoms with Gasteiger partial charge in [-0.05, 0) is 68.7 Å². The SMILES string of the molecule is Cc1ccc(C)n1-c1ccc(Br)cc1C(=O)N1CCCc2ccccc21.